The summed E-state index contributed by atoms with van der Waals surface area (Å²) >= 11 is 0. The van der Waals surface area contributed by atoms with E-state index in [0.717, 1.165) is 64.4 Å². The number of carbonyl (C=O) groups is 1. The van der Waals surface area contributed by atoms with Gasteiger partial charge in [0.25, 0.3) is 5.91 Å². The van der Waals surface area contributed by atoms with Crippen LogP contribution < -0.4 is 5.73 Å². The lowest BCUT2D eigenvalue weighted by Crippen LogP contribution is -2.45. The monoisotopic (exact) mass is 478 g/mol. The molecule has 0 radical (unpaired) electrons. The van der Waals surface area contributed by atoms with Gasteiger partial charge in [0.15, 0.2) is 0 Å². The van der Waals surface area contributed by atoms with Crippen molar-refractivity contribution in [1.82, 2.24) is 23.8 Å². The number of rotatable bonds is 4. The number of aromatic nitrogens is 4. The number of likely N-dealkylation sites (tertiary alicyclic amines) is 1. The minimum Gasteiger partial charge on any atom is -0.337 e. The zero-order chi connectivity index (χ0) is 24.8. The largest absolute Gasteiger partial charge is 0.337 e. The number of para-hydroxylation sites is 1. The van der Waals surface area contributed by atoms with E-state index in [2.05, 4.69) is 51.2 Å². The molecule has 1 fully saturated rings. The van der Waals surface area contributed by atoms with Crippen molar-refractivity contribution in [2.45, 2.75) is 39.3 Å². The number of amides is 1. The van der Waals surface area contributed by atoms with Crippen LogP contribution >= 0.6 is 0 Å². The highest BCUT2D eigenvalue weighted by Gasteiger charge is 2.24. The zero-order valence-corrected chi connectivity index (χ0v) is 20.7. The number of imidazole rings is 1. The summed E-state index contributed by atoms with van der Waals surface area (Å²) in [4.78, 5) is 24.8. The zero-order valence-electron chi connectivity index (χ0n) is 20.7. The molecule has 1 atom stereocenters. The first-order valence-corrected chi connectivity index (χ1v) is 12.5. The number of carbonyl (C=O) groups excluding carboxylic acids is 1. The molecule has 182 valence electrons. The number of nitrogens with two attached hydrogens (primary N) is 1. The minimum atomic E-state index is 0.0298. The van der Waals surface area contributed by atoms with Gasteiger partial charge in [0, 0.05) is 53.2 Å². The average molecular weight is 479 g/mol. The van der Waals surface area contributed by atoms with Gasteiger partial charge in [-0.25, -0.2) is 4.98 Å². The Morgan fingerprint density at radius 2 is 1.92 bits per heavy atom. The second-order valence-corrected chi connectivity index (χ2v) is 9.77. The molecule has 7 nitrogen and oxygen atoms in total. The van der Waals surface area contributed by atoms with Crippen LogP contribution in [0.25, 0.3) is 27.9 Å². The van der Waals surface area contributed by atoms with E-state index in [0.29, 0.717) is 18.7 Å². The number of nitrogens with zero attached hydrogens (tertiary/aromatic N) is 5. The van der Waals surface area contributed by atoms with Gasteiger partial charge in [-0.3, -0.25) is 9.78 Å². The smallest absolute Gasteiger partial charge is 0.254 e. The predicted molar refractivity (Wildman–Crippen MR) is 142 cm³/mol. The summed E-state index contributed by atoms with van der Waals surface area (Å²) in [6.07, 6.45) is 3.74. The number of piperidine rings is 1. The van der Waals surface area contributed by atoms with Gasteiger partial charge in [0.2, 0.25) is 0 Å². The van der Waals surface area contributed by atoms with Crippen LogP contribution in [0.3, 0.4) is 0 Å². The lowest BCUT2D eigenvalue weighted by atomic mass is 10.1. The molecule has 0 unspecified atom stereocenters. The first-order chi connectivity index (χ1) is 17.5. The third-order valence-electron chi connectivity index (χ3n) is 7.23. The van der Waals surface area contributed by atoms with E-state index in [1.54, 1.807) is 0 Å². The van der Waals surface area contributed by atoms with E-state index in [-0.39, 0.29) is 11.9 Å². The third kappa shape index (κ3) is 3.85. The molecule has 4 aromatic heterocycles. The Labute approximate surface area is 210 Å². The van der Waals surface area contributed by atoms with Crippen LogP contribution in [0, 0.1) is 13.8 Å². The molecular weight excluding hydrogens is 448 g/mol. The fourth-order valence-corrected chi connectivity index (χ4v) is 5.51. The highest BCUT2D eigenvalue weighted by atomic mass is 16.2. The molecule has 5 aromatic rings. The predicted octanol–water partition coefficient (Wildman–Crippen LogP) is 4.58. The van der Waals surface area contributed by atoms with E-state index >= 15 is 0 Å². The van der Waals surface area contributed by atoms with Gasteiger partial charge < -0.3 is 19.6 Å². The molecule has 1 aromatic carbocycles. The summed E-state index contributed by atoms with van der Waals surface area (Å²) in [6, 6.07) is 20.5. The molecule has 1 saturated heterocycles. The van der Waals surface area contributed by atoms with E-state index in [1.165, 1.54) is 0 Å². The minimum absolute atomic E-state index is 0.0298. The molecule has 2 N–H and O–H groups in total. The van der Waals surface area contributed by atoms with E-state index in [4.69, 9.17) is 10.7 Å². The Hall–Kier alpha value is -3.97. The molecule has 5 heterocycles. The molecule has 0 saturated carbocycles. The first kappa shape index (κ1) is 22.5. The van der Waals surface area contributed by atoms with E-state index in [9.17, 15) is 4.79 Å². The molecule has 0 spiro atoms. The maximum atomic E-state index is 13.3. The van der Waals surface area contributed by atoms with Gasteiger partial charge >= 0.3 is 0 Å². The summed E-state index contributed by atoms with van der Waals surface area (Å²) in [5.74, 6) is 0.0298. The van der Waals surface area contributed by atoms with Gasteiger partial charge in [-0.05, 0) is 63.1 Å². The topological polar surface area (TPSA) is 81.5 Å². The van der Waals surface area contributed by atoms with Crippen molar-refractivity contribution in [3.8, 4) is 11.4 Å². The average Bonchev–Trinajstić information content (AvgIpc) is 3.41. The van der Waals surface area contributed by atoms with Crippen LogP contribution in [0.4, 0.5) is 0 Å². The fraction of sp³-hybridized carbons (Fsp3) is 0.276. The lowest BCUT2D eigenvalue weighted by Gasteiger charge is -2.30. The highest BCUT2D eigenvalue weighted by Crippen LogP contribution is 2.32. The van der Waals surface area contributed by atoms with Crippen molar-refractivity contribution >= 4 is 22.5 Å². The summed E-state index contributed by atoms with van der Waals surface area (Å²) in [7, 11) is 0. The standard InChI is InChI=1S/C29H30N6O/c1-19-14-22(29(36)33-13-7-9-23(30)17-33)16-27-32-28(20(2)35(19)27)26-15-21-8-3-4-11-25(21)34(26)18-24-10-5-6-12-31-24/h3-6,8,10-12,14-16,23H,7,9,13,17-18,30H2,1-2H3/t23-/m1/s1. The van der Waals surface area contributed by atoms with Crippen molar-refractivity contribution in [3.05, 3.63) is 89.5 Å². The molecule has 0 aliphatic carbocycles. The Morgan fingerprint density at radius 1 is 1.08 bits per heavy atom. The van der Waals surface area contributed by atoms with Crippen molar-refractivity contribution in [1.29, 1.82) is 0 Å². The van der Waals surface area contributed by atoms with Crippen molar-refractivity contribution in [2.75, 3.05) is 13.1 Å². The number of hydrogen-bond donors (Lipinski definition) is 1. The maximum absolute atomic E-state index is 13.3. The van der Waals surface area contributed by atoms with Gasteiger partial charge in [-0.1, -0.05) is 24.3 Å². The van der Waals surface area contributed by atoms with Gasteiger partial charge in [-0.15, -0.1) is 0 Å². The third-order valence-corrected chi connectivity index (χ3v) is 7.23. The van der Waals surface area contributed by atoms with Gasteiger partial charge in [-0.2, -0.15) is 0 Å². The number of benzene rings is 1. The number of aryl methyl sites for hydroxylation is 2. The first-order valence-electron chi connectivity index (χ1n) is 12.5. The normalized spacial score (nSPS) is 16.2. The van der Waals surface area contributed by atoms with Crippen molar-refractivity contribution < 1.29 is 4.79 Å². The Bertz CT molecular complexity index is 1580. The number of fused-ring (bicyclic) bond motifs is 2. The molecule has 6 rings (SSSR count). The van der Waals surface area contributed by atoms with Crippen LogP contribution in [0.1, 0.15) is 40.3 Å². The number of pyridine rings is 2. The molecule has 0 bridgehead atoms. The van der Waals surface area contributed by atoms with Crippen LogP contribution in [0.15, 0.2) is 66.9 Å². The maximum Gasteiger partial charge on any atom is 0.254 e. The van der Waals surface area contributed by atoms with E-state index in [1.807, 2.05) is 48.4 Å². The lowest BCUT2D eigenvalue weighted by molar-refractivity contribution is 0.0708. The molecule has 1 aliphatic rings. The van der Waals surface area contributed by atoms with Gasteiger partial charge in [0.05, 0.1) is 17.9 Å². The van der Waals surface area contributed by atoms with E-state index < -0.39 is 0 Å². The highest BCUT2D eigenvalue weighted by molar-refractivity contribution is 5.95. The Balaban J connectivity index is 1.46. The summed E-state index contributed by atoms with van der Waals surface area (Å²) < 4.78 is 4.42. The van der Waals surface area contributed by atoms with Crippen LogP contribution in [-0.2, 0) is 6.54 Å². The molecule has 36 heavy (non-hydrogen) atoms. The second kappa shape index (κ2) is 8.91. The summed E-state index contributed by atoms with van der Waals surface area (Å²) in [6.45, 7) is 6.14. The van der Waals surface area contributed by atoms with Crippen molar-refractivity contribution in [3.63, 3.8) is 0 Å². The molecule has 1 amide bonds. The Morgan fingerprint density at radius 3 is 2.72 bits per heavy atom. The number of hydrogen-bond acceptors (Lipinski definition) is 4. The summed E-state index contributed by atoms with van der Waals surface area (Å²) in [5.41, 5.74) is 13.7. The molecule has 1 aliphatic heterocycles. The molecule has 7 heteroatoms. The van der Waals surface area contributed by atoms with Gasteiger partial charge in [0.1, 0.15) is 11.3 Å². The van der Waals surface area contributed by atoms with Crippen LogP contribution in [0.2, 0.25) is 0 Å². The second-order valence-electron chi connectivity index (χ2n) is 9.77. The summed E-state index contributed by atoms with van der Waals surface area (Å²) in [5, 5.41) is 1.16. The Kier molecular flexibility index (Phi) is 5.57. The van der Waals surface area contributed by atoms with Crippen LogP contribution in [-0.4, -0.2) is 48.9 Å². The fourth-order valence-electron chi connectivity index (χ4n) is 5.51. The molecular formula is C29H30N6O. The quantitative estimate of drug-likeness (QED) is 0.410. The van der Waals surface area contributed by atoms with Crippen LogP contribution in [0.5, 0.6) is 0 Å². The van der Waals surface area contributed by atoms with Crippen molar-refractivity contribution in [2.24, 2.45) is 5.73 Å². The SMILES string of the molecule is Cc1cc(C(=O)N2CCC[C@@H](N)C2)cc2nc(-c3cc4ccccc4n3Cc3ccccn3)c(C)n12.